The number of rotatable bonds is 3. The quantitative estimate of drug-likeness (QED) is 0.863. The molecule has 1 heterocycles. The predicted octanol–water partition coefficient (Wildman–Crippen LogP) is 1.73. The van der Waals surface area contributed by atoms with Gasteiger partial charge in [-0.25, -0.2) is 0 Å². The summed E-state index contributed by atoms with van der Waals surface area (Å²) in [5.41, 5.74) is 1.45. The molecule has 2 atom stereocenters. The van der Waals surface area contributed by atoms with Crippen LogP contribution < -0.4 is 5.32 Å². The first-order valence-corrected chi connectivity index (χ1v) is 6.88. The highest BCUT2D eigenvalue weighted by atomic mass is 32.1. The maximum absolute atomic E-state index is 12.0. The number of aliphatic hydroxyl groups is 1. The van der Waals surface area contributed by atoms with Gasteiger partial charge < -0.3 is 10.4 Å². The number of hydrogen-bond acceptors (Lipinski definition) is 4. The number of nitrogens with one attached hydrogen (secondary N) is 1. The summed E-state index contributed by atoms with van der Waals surface area (Å²) in [5.74, 6) is 0.154. The molecule has 1 saturated carbocycles. The number of nitrogens with zero attached hydrogens (tertiary/aromatic N) is 1. The van der Waals surface area contributed by atoms with Gasteiger partial charge in [-0.1, -0.05) is 12.8 Å². The average Bonchev–Trinajstić information content (AvgIpc) is 2.76. The molecule has 2 N–H and O–H groups in total. The van der Waals surface area contributed by atoms with Crippen LogP contribution in [0, 0.1) is 12.8 Å². The van der Waals surface area contributed by atoms with E-state index in [1.807, 2.05) is 6.92 Å². The lowest BCUT2D eigenvalue weighted by atomic mass is 9.85. The topological polar surface area (TPSA) is 62.2 Å². The minimum atomic E-state index is -0.0541. The first-order valence-electron chi connectivity index (χ1n) is 6.05. The molecule has 2 unspecified atom stereocenters. The van der Waals surface area contributed by atoms with Gasteiger partial charge in [0.05, 0.1) is 11.3 Å². The number of carbonyl (C=O) groups excluding carboxylic acids is 1. The van der Waals surface area contributed by atoms with Crippen LogP contribution in [0.5, 0.6) is 0 Å². The Morgan fingerprint density at radius 2 is 2.35 bits per heavy atom. The molecule has 2 rings (SSSR count). The van der Waals surface area contributed by atoms with E-state index in [9.17, 15) is 9.90 Å². The summed E-state index contributed by atoms with van der Waals surface area (Å²) >= 11 is 1.30. The minimum Gasteiger partial charge on any atom is -0.396 e. The molecular weight excluding hydrogens is 236 g/mol. The molecule has 0 spiro atoms. The second kappa shape index (κ2) is 5.60. The molecule has 1 aliphatic carbocycles. The van der Waals surface area contributed by atoms with Crippen molar-refractivity contribution in [2.24, 2.45) is 5.92 Å². The van der Waals surface area contributed by atoms with Crippen LogP contribution in [-0.4, -0.2) is 28.0 Å². The number of amides is 1. The van der Waals surface area contributed by atoms with Gasteiger partial charge in [0.15, 0.2) is 0 Å². The lowest BCUT2D eigenvalue weighted by molar-refractivity contribution is 0.0872. The van der Waals surface area contributed by atoms with Crippen molar-refractivity contribution in [3.05, 3.63) is 16.6 Å². The molecule has 1 aromatic rings. The second-order valence-electron chi connectivity index (χ2n) is 4.62. The van der Waals surface area contributed by atoms with E-state index in [0.29, 0.717) is 5.56 Å². The Kier molecular flexibility index (Phi) is 4.12. The van der Waals surface area contributed by atoms with E-state index in [4.69, 9.17) is 0 Å². The van der Waals surface area contributed by atoms with Crippen molar-refractivity contribution in [3.8, 4) is 0 Å². The van der Waals surface area contributed by atoms with Crippen LogP contribution in [0.25, 0.3) is 0 Å². The summed E-state index contributed by atoms with van der Waals surface area (Å²) in [6, 6.07) is 0.112. The Hall–Kier alpha value is -0.940. The molecule has 0 aromatic carbocycles. The number of hydrogen-bond donors (Lipinski definition) is 2. The fraction of sp³-hybridized carbons (Fsp3) is 0.667. The van der Waals surface area contributed by atoms with Crippen LogP contribution in [0.4, 0.5) is 0 Å². The van der Waals surface area contributed by atoms with E-state index in [1.165, 1.54) is 11.5 Å². The summed E-state index contributed by atoms with van der Waals surface area (Å²) in [4.78, 5) is 12.0. The lowest BCUT2D eigenvalue weighted by Crippen LogP contribution is -2.43. The Morgan fingerprint density at radius 3 is 3.00 bits per heavy atom. The Morgan fingerprint density at radius 1 is 1.59 bits per heavy atom. The number of aromatic nitrogens is 1. The molecule has 4 nitrogen and oxygen atoms in total. The standard InChI is InChI=1S/C12H18N2O2S/c1-8-10(7-17-14-8)12(16)13-11-5-3-2-4-9(11)6-15/h7,9,11,15H,2-6H2,1H3,(H,13,16). The molecule has 17 heavy (non-hydrogen) atoms. The molecule has 1 aliphatic rings. The zero-order valence-corrected chi connectivity index (χ0v) is 10.8. The van der Waals surface area contributed by atoms with E-state index in [2.05, 4.69) is 9.69 Å². The van der Waals surface area contributed by atoms with E-state index < -0.39 is 0 Å². The van der Waals surface area contributed by atoms with Gasteiger partial charge in [-0.2, -0.15) is 4.37 Å². The molecule has 0 aliphatic heterocycles. The summed E-state index contributed by atoms with van der Waals surface area (Å²) in [6.45, 7) is 2.00. The normalized spacial score (nSPS) is 24.6. The minimum absolute atomic E-state index is 0.0541. The van der Waals surface area contributed by atoms with Crippen LogP contribution in [0.1, 0.15) is 41.7 Å². The molecule has 1 aromatic heterocycles. The van der Waals surface area contributed by atoms with Gasteiger partial charge in [-0.05, 0) is 31.3 Å². The predicted molar refractivity (Wildman–Crippen MR) is 67.1 cm³/mol. The monoisotopic (exact) mass is 254 g/mol. The highest BCUT2D eigenvalue weighted by Crippen LogP contribution is 2.24. The first-order chi connectivity index (χ1) is 8.22. The van der Waals surface area contributed by atoms with Crippen molar-refractivity contribution >= 4 is 17.4 Å². The third-order valence-corrected chi connectivity index (χ3v) is 4.18. The highest BCUT2D eigenvalue weighted by molar-refractivity contribution is 7.03. The Bertz CT molecular complexity index is 392. The largest absolute Gasteiger partial charge is 0.396 e. The van der Waals surface area contributed by atoms with Gasteiger partial charge in [0.2, 0.25) is 0 Å². The van der Waals surface area contributed by atoms with E-state index in [1.54, 1.807) is 5.38 Å². The van der Waals surface area contributed by atoms with Crippen LogP contribution in [-0.2, 0) is 0 Å². The second-order valence-corrected chi connectivity index (χ2v) is 5.25. The maximum Gasteiger partial charge on any atom is 0.254 e. The number of aliphatic hydroxyl groups excluding tert-OH is 1. The molecular formula is C12H18N2O2S. The van der Waals surface area contributed by atoms with Crippen molar-refractivity contribution in [2.75, 3.05) is 6.61 Å². The lowest BCUT2D eigenvalue weighted by Gasteiger charge is -2.30. The van der Waals surface area contributed by atoms with Gasteiger partial charge in [0.25, 0.3) is 5.91 Å². The molecule has 0 bridgehead atoms. The molecule has 0 radical (unpaired) electrons. The van der Waals surface area contributed by atoms with Crippen molar-refractivity contribution < 1.29 is 9.90 Å². The SMILES string of the molecule is Cc1nscc1C(=O)NC1CCCCC1CO. The number of carbonyl (C=O) groups is 1. The molecule has 0 saturated heterocycles. The van der Waals surface area contributed by atoms with Gasteiger partial charge in [0.1, 0.15) is 0 Å². The van der Waals surface area contributed by atoms with Crippen LogP contribution in [0.3, 0.4) is 0 Å². The zero-order valence-electron chi connectivity index (χ0n) is 9.98. The van der Waals surface area contributed by atoms with Crippen molar-refractivity contribution in [1.82, 2.24) is 9.69 Å². The van der Waals surface area contributed by atoms with Gasteiger partial charge in [0, 0.05) is 23.9 Å². The Balaban J connectivity index is 2.00. The maximum atomic E-state index is 12.0. The fourth-order valence-corrected chi connectivity index (χ4v) is 3.06. The summed E-state index contributed by atoms with van der Waals surface area (Å²) in [7, 11) is 0. The zero-order chi connectivity index (χ0) is 12.3. The van der Waals surface area contributed by atoms with Gasteiger partial charge >= 0.3 is 0 Å². The Labute approximate surface area is 105 Å². The third-order valence-electron chi connectivity index (χ3n) is 3.45. The van der Waals surface area contributed by atoms with Gasteiger partial charge in [-0.3, -0.25) is 4.79 Å². The molecule has 1 fully saturated rings. The third kappa shape index (κ3) is 2.84. The highest BCUT2D eigenvalue weighted by Gasteiger charge is 2.26. The van der Waals surface area contributed by atoms with Crippen molar-refractivity contribution in [3.63, 3.8) is 0 Å². The van der Waals surface area contributed by atoms with Crippen LogP contribution in [0.15, 0.2) is 5.38 Å². The number of aryl methyl sites for hydroxylation is 1. The molecule has 5 heteroatoms. The smallest absolute Gasteiger partial charge is 0.254 e. The summed E-state index contributed by atoms with van der Waals surface area (Å²) < 4.78 is 4.10. The average molecular weight is 254 g/mol. The van der Waals surface area contributed by atoms with E-state index >= 15 is 0 Å². The molecule has 94 valence electrons. The van der Waals surface area contributed by atoms with Crippen LogP contribution >= 0.6 is 11.5 Å². The summed E-state index contributed by atoms with van der Waals surface area (Å²) in [6.07, 6.45) is 4.24. The van der Waals surface area contributed by atoms with Crippen molar-refractivity contribution in [2.45, 2.75) is 38.6 Å². The fourth-order valence-electron chi connectivity index (χ4n) is 2.37. The summed E-state index contributed by atoms with van der Waals surface area (Å²) in [5, 5.41) is 14.1. The van der Waals surface area contributed by atoms with E-state index in [-0.39, 0.29) is 24.5 Å². The van der Waals surface area contributed by atoms with Gasteiger partial charge in [-0.15, -0.1) is 0 Å². The van der Waals surface area contributed by atoms with E-state index in [0.717, 1.165) is 31.4 Å². The van der Waals surface area contributed by atoms with Crippen molar-refractivity contribution in [1.29, 1.82) is 0 Å². The first kappa shape index (κ1) is 12.5. The molecule has 1 amide bonds. The van der Waals surface area contributed by atoms with Crippen LogP contribution in [0.2, 0.25) is 0 Å².